The fourth-order valence-corrected chi connectivity index (χ4v) is 1.71. The van der Waals surface area contributed by atoms with Crippen LogP contribution >= 0.6 is 0 Å². The maximum absolute atomic E-state index is 5.94. The zero-order valence-electron chi connectivity index (χ0n) is 11.1. The summed E-state index contributed by atoms with van der Waals surface area (Å²) < 4.78 is 11.9. The molecule has 0 aromatic carbocycles. The van der Waals surface area contributed by atoms with Crippen LogP contribution in [0.1, 0.15) is 54.4 Å². The quantitative estimate of drug-likeness (QED) is 0.664. The third kappa shape index (κ3) is 2.98. The van der Waals surface area contributed by atoms with Gasteiger partial charge in [-0.3, -0.25) is 0 Å². The molecule has 1 heterocycles. The SMILES string of the molecule is CCC(C)CCB1OC(C)(C)C(C)(C)O1. The van der Waals surface area contributed by atoms with Gasteiger partial charge in [0.25, 0.3) is 0 Å². The van der Waals surface area contributed by atoms with Gasteiger partial charge in [-0.2, -0.15) is 0 Å². The Balaban J connectivity index is 2.42. The van der Waals surface area contributed by atoms with Gasteiger partial charge in [0, 0.05) is 0 Å². The van der Waals surface area contributed by atoms with Crippen LogP contribution in [0.5, 0.6) is 0 Å². The Morgan fingerprint density at radius 2 is 1.53 bits per heavy atom. The van der Waals surface area contributed by atoms with Gasteiger partial charge < -0.3 is 9.31 Å². The molecule has 1 aliphatic heterocycles. The van der Waals surface area contributed by atoms with Crippen molar-refractivity contribution in [2.45, 2.75) is 71.9 Å². The lowest BCUT2D eigenvalue weighted by Gasteiger charge is -2.32. The minimum atomic E-state index is -0.173. The predicted molar refractivity (Wildman–Crippen MR) is 65.0 cm³/mol. The van der Waals surface area contributed by atoms with Crippen molar-refractivity contribution in [1.82, 2.24) is 0 Å². The molecule has 0 spiro atoms. The van der Waals surface area contributed by atoms with Gasteiger partial charge in [0.1, 0.15) is 0 Å². The summed E-state index contributed by atoms with van der Waals surface area (Å²) in [4.78, 5) is 0. The van der Waals surface area contributed by atoms with Crippen LogP contribution in [0, 0.1) is 5.92 Å². The van der Waals surface area contributed by atoms with Crippen molar-refractivity contribution in [3.63, 3.8) is 0 Å². The van der Waals surface area contributed by atoms with Crippen LogP contribution in [0.15, 0.2) is 0 Å². The van der Waals surface area contributed by atoms with E-state index in [1.807, 2.05) is 0 Å². The van der Waals surface area contributed by atoms with Gasteiger partial charge in [0.15, 0.2) is 0 Å². The van der Waals surface area contributed by atoms with E-state index in [0.717, 1.165) is 12.2 Å². The Morgan fingerprint density at radius 3 is 1.93 bits per heavy atom. The second-order valence-electron chi connectivity index (χ2n) is 5.78. The molecule has 0 aliphatic carbocycles. The third-order valence-electron chi connectivity index (χ3n) is 3.89. The maximum Gasteiger partial charge on any atom is 0.457 e. The lowest BCUT2D eigenvalue weighted by atomic mass is 9.80. The van der Waals surface area contributed by atoms with E-state index < -0.39 is 0 Å². The number of hydrogen-bond acceptors (Lipinski definition) is 2. The van der Waals surface area contributed by atoms with Crippen molar-refractivity contribution in [1.29, 1.82) is 0 Å². The molecule has 1 fully saturated rings. The van der Waals surface area contributed by atoms with Crippen LogP contribution in [-0.4, -0.2) is 18.3 Å². The Labute approximate surface area is 94.9 Å². The summed E-state index contributed by atoms with van der Waals surface area (Å²) >= 11 is 0. The van der Waals surface area contributed by atoms with E-state index in [0.29, 0.717) is 0 Å². The highest BCUT2D eigenvalue weighted by Crippen LogP contribution is 2.38. The molecule has 2 nitrogen and oxygen atoms in total. The lowest BCUT2D eigenvalue weighted by molar-refractivity contribution is 0.00578. The fraction of sp³-hybridized carbons (Fsp3) is 1.00. The molecule has 0 aromatic rings. The first-order valence-electron chi connectivity index (χ1n) is 6.14. The average Bonchev–Trinajstić information content (AvgIpc) is 2.31. The van der Waals surface area contributed by atoms with Gasteiger partial charge in [0.2, 0.25) is 0 Å². The van der Waals surface area contributed by atoms with Crippen LogP contribution in [-0.2, 0) is 9.31 Å². The summed E-state index contributed by atoms with van der Waals surface area (Å²) in [6, 6.07) is 0. The van der Waals surface area contributed by atoms with E-state index in [1.165, 1.54) is 12.8 Å². The summed E-state index contributed by atoms with van der Waals surface area (Å²) in [5, 5.41) is 0. The van der Waals surface area contributed by atoms with E-state index >= 15 is 0 Å². The molecule has 0 saturated carbocycles. The van der Waals surface area contributed by atoms with Crippen LogP contribution in [0.25, 0.3) is 0 Å². The van der Waals surface area contributed by atoms with Gasteiger partial charge in [-0.05, 0) is 39.9 Å². The summed E-state index contributed by atoms with van der Waals surface area (Å²) in [5.41, 5.74) is -0.347. The van der Waals surface area contributed by atoms with Gasteiger partial charge in [0.05, 0.1) is 11.2 Å². The Hall–Kier alpha value is -0.0151. The van der Waals surface area contributed by atoms with Crippen LogP contribution in [0.3, 0.4) is 0 Å². The van der Waals surface area contributed by atoms with Crippen molar-refractivity contribution in [3.05, 3.63) is 0 Å². The van der Waals surface area contributed by atoms with Crippen LogP contribution < -0.4 is 0 Å². The minimum absolute atomic E-state index is 0.0102. The first-order valence-corrected chi connectivity index (χ1v) is 6.14. The Morgan fingerprint density at radius 1 is 1.07 bits per heavy atom. The van der Waals surface area contributed by atoms with Crippen molar-refractivity contribution in [3.8, 4) is 0 Å². The molecule has 88 valence electrons. The molecule has 0 radical (unpaired) electrons. The standard InChI is InChI=1S/C12H25BO2/c1-7-10(2)8-9-13-14-11(3,4)12(5,6)15-13/h10H,7-9H2,1-6H3. The maximum atomic E-state index is 5.94. The molecule has 0 bridgehead atoms. The van der Waals surface area contributed by atoms with Gasteiger partial charge in [-0.15, -0.1) is 0 Å². The third-order valence-corrected chi connectivity index (χ3v) is 3.89. The minimum Gasteiger partial charge on any atom is -0.403 e. The number of hydrogen-bond donors (Lipinski definition) is 0. The summed E-state index contributed by atoms with van der Waals surface area (Å²) in [6.07, 6.45) is 3.44. The van der Waals surface area contributed by atoms with Crippen molar-refractivity contribution >= 4 is 7.12 Å². The first kappa shape index (κ1) is 13.1. The van der Waals surface area contributed by atoms with Crippen molar-refractivity contribution < 1.29 is 9.31 Å². The largest absolute Gasteiger partial charge is 0.457 e. The highest BCUT2D eigenvalue weighted by atomic mass is 16.7. The van der Waals surface area contributed by atoms with Crippen molar-refractivity contribution in [2.24, 2.45) is 5.92 Å². The molecule has 0 aromatic heterocycles. The number of rotatable bonds is 4. The molecule has 1 saturated heterocycles. The van der Waals surface area contributed by atoms with Crippen LogP contribution in [0.2, 0.25) is 6.32 Å². The molecule has 1 unspecified atom stereocenters. The van der Waals surface area contributed by atoms with E-state index in [-0.39, 0.29) is 18.3 Å². The average molecular weight is 212 g/mol. The summed E-state index contributed by atoms with van der Waals surface area (Å²) in [6.45, 7) is 12.9. The first-order chi connectivity index (χ1) is 6.78. The fourth-order valence-electron chi connectivity index (χ4n) is 1.71. The molecule has 3 heteroatoms. The molecule has 0 N–H and O–H groups in total. The molecule has 15 heavy (non-hydrogen) atoms. The van der Waals surface area contributed by atoms with Crippen LogP contribution in [0.4, 0.5) is 0 Å². The molecular formula is C12H25BO2. The summed E-state index contributed by atoms with van der Waals surface area (Å²) in [7, 11) is -0.0102. The van der Waals surface area contributed by atoms with E-state index in [4.69, 9.17) is 9.31 Å². The Bertz CT molecular complexity index is 198. The van der Waals surface area contributed by atoms with Gasteiger partial charge in [-0.1, -0.05) is 26.7 Å². The lowest BCUT2D eigenvalue weighted by Crippen LogP contribution is -2.41. The zero-order valence-corrected chi connectivity index (χ0v) is 11.1. The topological polar surface area (TPSA) is 18.5 Å². The predicted octanol–water partition coefficient (Wildman–Crippen LogP) is 3.51. The molecule has 1 atom stereocenters. The second-order valence-corrected chi connectivity index (χ2v) is 5.78. The van der Waals surface area contributed by atoms with E-state index in [9.17, 15) is 0 Å². The molecule has 0 amide bonds. The molecule has 1 aliphatic rings. The summed E-state index contributed by atoms with van der Waals surface area (Å²) in [5.74, 6) is 0.768. The second kappa shape index (κ2) is 4.46. The highest BCUT2D eigenvalue weighted by Gasteiger charge is 2.50. The Kier molecular flexibility index (Phi) is 3.88. The van der Waals surface area contributed by atoms with E-state index in [2.05, 4.69) is 41.5 Å². The monoisotopic (exact) mass is 212 g/mol. The van der Waals surface area contributed by atoms with Crippen molar-refractivity contribution in [2.75, 3.05) is 0 Å². The smallest absolute Gasteiger partial charge is 0.403 e. The van der Waals surface area contributed by atoms with Gasteiger partial charge >= 0.3 is 7.12 Å². The molecule has 1 rings (SSSR count). The van der Waals surface area contributed by atoms with E-state index in [1.54, 1.807) is 0 Å². The molecular weight excluding hydrogens is 187 g/mol. The zero-order chi connectivity index (χ0) is 11.7. The normalized spacial score (nSPS) is 25.6. The van der Waals surface area contributed by atoms with Gasteiger partial charge in [-0.25, -0.2) is 0 Å². The highest BCUT2D eigenvalue weighted by molar-refractivity contribution is 6.45.